The van der Waals surface area contributed by atoms with Gasteiger partial charge in [-0.1, -0.05) is 50.2 Å². The number of hydrogen-bond donors (Lipinski definition) is 0. The maximum absolute atomic E-state index is 12.9. The molecular weight excluding hydrogens is 356 g/mol. The highest BCUT2D eigenvalue weighted by Gasteiger charge is 2.24. The average Bonchev–Trinajstić information content (AvgIpc) is 2.60. The number of benzene rings is 2. The van der Waals surface area contributed by atoms with Crippen molar-refractivity contribution in [3.05, 3.63) is 71.0 Å². The monoisotopic (exact) mass is 378 g/mol. The summed E-state index contributed by atoms with van der Waals surface area (Å²) in [6, 6.07) is 15.8. The van der Waals surface area contributed by atoms with E-state index in [1.807, 2.05) is 13.8 Å². The van der Waals surface area contributed by atoms with Crippen molar-refractivity contribution in [2.75, 3.05) is 0 Å². The van der Waals surface area contributed by atoms with Crippen molar-refractivity contribution < 1.29 is 16.8 Å². The third-order valence-electron chi connectivity index (χ3n) is 3.73. The summed E-state index contributed by atoms with van der Waals surface area (Å²) in [6.45, 7) is 3.94. The van der Waals surface area contributed by atoms with Gasteiger partial charge >= 0.3 is 0 Å². The Kier molecular flexibility index (Phi) is 6.19. The van der Waals surface area contributed by atoms with Crippen molar-refractivity contribution in [3.63, 3.8) is 0 Å². The van der Waals surface area contributed by atoms with Crippen molar-refractivity contribution >= 4 is 19.7 Å². The molecule has 0 saturated carbocycles. The van der Waals surface area contributed by atoms with E-state index in [4.69, 9.17) is 0 Å². The van der Waals surface area contributed by atoms with Crippen molar-refractivity contribution in [2.24, 2.45) is 5.92 Å². The quantitative estimate of drug-likeness (QED) is 0.724. The van der Waals surface area contributed by atoms with Gasteiger partial charge in [-0.2, -0.15) is 0 Å². The first-order valence-electron chi connectivity index (χ1n) is 8.04. The first-order valence-corrected chi connectivity index (χ1v) is 11.1. The molecular formula is C19H22O4S2. The highest BCUT2D eigenvalue weighted by Crippen LogP contribution is 2.27. The van der Waals surface area contributed by atoms with Crippen LogP contribution < -0.4 is 0 Å². The van der Waals surface area contributed by atoms with Gasteiger partial charge < -0.3 is 0 Å². The molecule has 0 heterocycles. The maximum atomic E-state index is 12.9. The third kappa shape index (κ3) is 5.03. The van der Waals surface area contributed by atoms with Crippen LogP contribution >= 0.6 is 0 Å². The molecule has 0 saturated heterocycles. The molecule has 6 heteroatoms. The van der Waals surface area contributed by atoms with Crippen LogP contribution in [0.3, 0.4) is 0 Å². The first-order chi connectivity index (χ1) is 11.7. The van der Waals surface area contributed by atoms with Crippen LogP contribution in [0.4, 0.5) is 0 Å². The highest BCUT2D eigenvalue weighted by molar-refractivity contribution is 7.98. The Morgan fingerprint density at radius 2 is 1.32 bits per heavy atom. The molecule has 0 N–H and O–H groups in total. The third-order valence-corrected chi connectivity index (χ3v) is 7.30. The molecule has 0 radical (unpaired) electrons. The predicted octanol–water partition coefficient (Wildman–Crippen LogP) is 4.21. The van der Waals surface area contributed by atoms with E-state index in [0.717, 1.165) is 5.41 Å². The van der Waals surface area contributed by atoms with Crippen molar-refractivity contribution in [3.8, 4) is 0 Å². The SMILES string of the molecule is CC(C)CC/C(=C/S(=O)(=O)c1ccccc1)S(=O)(=O)c1ccccc1. The summed E-state index contributed by atoms with van der Waals surface area (Å²) in [5.74, 6) is 0.258. The van der Waals surface area contributed by atoms with Gasteiger partial charge in [-0.15, -0.1) is 0 Å². The Hall–Kier alpha value is -1.92. The van der Waals surface area contributed by atoms with Gasteiger partial charge in [-0.25, -0.2) is 16.8 Å². The van der Waals surface area contributed by atoms with Crippen molar-refractivity contribution in [1.82, 2.24) is 0 Å². The average molecular weight is 379 g/mol. The molecule has 0 aliphatic heterocycles. The Bertz CT molecular complexity index is 927. The van der Waals surface area contributed by atoms with Gasteiger partial charge in [0.25, 0.3) is 0 Å². The lowest BCUT2D eigenvalue weighted by molar-refractivity contribution is 0.575. The van der Waals surface area contributed by atoms with Gasteiger partial charge in [0, 0.05) is 0 Å². The molecule has 0 amide bonds. The van der Waals surface area contributed by atoms with E-state index in [1.54, 1.807) is 36.4 Å². The first kappa shape index (κ1) is 19.4. The smallest absolute Gasteiger partial charge is 0.203 e. The number of hydrogen-bond acceptors (Lipinski definition) is 4. The fraction of sp³-hybridized carbons (Fsp3) is 0.263. The molecule has 25 heavy (non-hydrogen) atoms. The fourth-order valence-electron chi connectivity index (χ4n) is 2.29. The standard InChI is InChI=1S/C19H22O4S2/c1-16(2)13-14-19(25(22,23)18-11-7-4-8-12-18)15-24(20,21)17-9-5-3-6-10-17/h3-12,15-16H,13-14H2,1-2H3/b19-15-. The summed E-state index contributed by atoms with van der Waals surface area (Å²) >= 11 is 0. The number of allylic oxidation sites excluding steroid dienone is 1. The minimum absolute atomic E-state index is 0.0729. The molecule has 0 spiro atoms. The Balaban J connectivity index is 2.53. The van der Waals surface area contributed by atoms with Crippen LogP contribution in [0.2, 0.25) is 0 Å². The van der Waals surface area contributed by atoms with Gasteiger partial charge in [-0.3, -0.25) is 0 Å². The van der Waals surface area contributed by atoms with Crippen LogP contribution in [0, 0.1) is 5.92 Å². The molecule has 0 atom stereocenters. The Morgan fingerprint density at radius 1 is 0.840 bits per heavy atom. The topological polar surface area (TPSA) is 68.3 Å². The van der Waals surface area contributed by atoms with Gasteiger partial charge in [0.15, 0.2) is 0 Å². The molecule has 134 valence electrons. The lowest BCUT2D eigenvalue weighted by Crippen LogP contribution is -2.09. The van der Waals surface area contributed by atoms with Gasteiger partial charge in [0.2, 0.25) is 19.7 Å². The van der Waals surface area contributed by atoms with E-state index in [1.165, 1.54) is 24.3 Å². The van der Waals surface area contributed by atoms with E-state index in [0.29, 0.717) is 6.42 Å². The zero-order valence-electron chi connectivity index (χ0n) is 14.3. The summed E-state index contributed by atoms with van der Waals surface area (Å²) < 4.78 is 51.1. The van der Waals surface area contributed by atoms with E-state index in [-0.39, 0.29) is 27.0 Å². The highest BCUT2D eigenvalue weighted by atomic mass is 32.2. The summed E-state index contributed by atoms with van der Waals surface area (Å²) in [4.78, 5) is 0.116. The van der Waals surface area contributed by atoms with E-state index in [2.05, 4.69) is 0 Å². The normalized spacial score (nSPS) is 13.2. The van der Waals surface area contributed by atoms with E-state index >= 15 is 0 Å². The lowest BCUT2D eigenvalue weighted by Gasteiger charge is -2.11. The van der Waals surface area contributed by atoms with Crippen LogP contribution in [0.1, 0.15) is 26.7 Å². The van der Waals surface area contributed by atoms with E-state index in [9.17, 15) is 16.8 Å². The lowest BCUT2D eigenvalue weighted by atomic mass is 10.1. The van der Waals surface area contributed by atoms with Gasteiger partial charge in [0.05, 0.1) is 20.1 Å². The largest absolute Gasteiger partial charge is 0.219 e. The number of rotatable bonds is 7. The second-order valence-electron chi connectivity index (χ2n) is 6.19. The Labute approximate surface area is 150 Å². The fourth-order valence-corrected chi connectivity index (χ4v) is 5.52. The predicted molar refractivity (Wildman–Crippen MR) is 99.4 cm³/mol. The van der Waals surface area contributed by atoms with Crippen LogP contribution in [0.15, 0.2) is 80.8 Å². The minimum atomic E-state index is -3.86. The summed E-state index contributed by atoms with van der Waals surface area (Å²) in [6.07, 6.45) is 0.767. The maximum Gasteiger partial charge on any atom is 0.203 e. The second-order valence-corrected chi connectivity index (χ2v) is 9.99. The van der Waals surface area contributed by atoms with Gasteiger partial charge in [0.1, 0.15) is 0 Å². The van der Waals surface area contributed by atoms with Crippen LogP contribution in [0.25, 0.3) is 0 Å². The molecule has 0 fully saturated rings. The van der Waals surface area contributed by atoms with Crippen molar-refractivity contribution in [1.29, 1.82) is 0 Å². The zero-order valence-corrected chi connectivity index (χ0v) is 15.9. The molecule has 4 nitrogen and oxygen atoms in total. The van der Waals surface area contributed by atoms with Crippen LogP contribution in [0.5, 0.6) is 0 Å². The molecule has 0 bridgehead atoms. The summed E-state index contributed by atoms with van der Waals surface area (Å²) in [5.41, 5.74) is 0. The molecule has 2 aromatic carbocycles. The van der Waals surface area contributed by atoms with Gasteiger partial charge in [-0.05, 0) is 43.0 Å². The Morgan fingerprint density at radius 3 is 1.80 bits per heavy atom. The van der Waals surface area contributed by atoms with E-state index < -0.39 is 19.7 Å². The molecule has 2 aromatic rings. The molecule has 0 aliphatic rings. The van der Waals surface area contributed by atoms with Crippen molar-refractivity contribution in [2.45, 2.75) is 36.5 Å². The summed E-state index contributed by atoms with van der Waals surface area (Å²) in [5, 5.41) is 0.910. The minimum Gasteiger partial charge on any atom is -0.219 e. The van der Waals surface area contributed by atoms with Crippen LogP contribution in [-0.2, 0) is 19.7 Å². The number of sulfone groups is 2. The molecule has 0 aliphatic carbocycles. The zero-order chi connectivity index (χ0) is 18.5. The molecule has 2 rings (SSSR count). The molecule has 0 unspecified atom stereocenters. The second kappa shape index (κ2) is 7.97. The molecule has 0 aromatic heterocycles. The van der Waals surface area contributed by atoms with Crippen LogP contribution in [-0.4, -0.2) is 16.8 Å². The summed E-state index contributed by atoms with van der Waals surface area (Å²) in [7, 11) is -7.70.